The second-order valence-corrected chi connectivity index (χ2v) is 6.09. The molecule has 1 aliphatic heterocycles. The molecule has 1 aromatic rings. The number of nitrogens with one attached hydrogen (secondary N) is 1. The number of hydrogen-bond acceptors (Lipinski definition) is 5. The topological polar surface area (TPSA) is 104 Å². The number of β-lactam (4-membered cyclic amide) rings is 1. The van der Waals surface area contributed by atoms with Gasteiger partial charge in [-0.15, -0.1) is 11.3 Å². The molecule has 1 atom stereocenters. The van der Waals surface area contributed by atoms with Crippen molar-refractivity contribution in [1.29, 1.82) is 0 Å². The highest BCUT2D eigenvalue weighted by Gasteiger charge is 2.44. The Hall–Kier alpha value is -1.45. The lowest BCUT2D eigenvalue weighted by atomic mass is 10.1. The van der Waals surface area contributed by atoms with Gasteiger partial charge >= 0.3 is 10.3 Å². The Morgan fingerprint density at radius 2 is 2.33 bits per heavy atom. The Kier molecular flexibility index (Phi) is 3.37. The molecule has 2 amide bonds. The quantitative estimate of drug-likeness (QED) is 0.570. The third kappa shape index (κ3) is 2.68. The zero-order valence-corrected chi connectivity index (χ0v) is 10.7. The molecule has 0 bridgehead atoms. The second kappa shape index (κ2) is 4.67. The summed E-state index contributed by atoms with van der Waals surface area (Å²) in [6.45, 7) is -0.228. The van der Waals surface area contributed by atoms with Gasteiger partial charge in [-0.05, 0) is 11.4 Å². The molecule has 2 heterocycles. The molecule has 98 valence electrons. The molecule has 0 aliphatic carbocycles. The fraction of sp³-hybridized carbons (Fsp3) is 0.333. The summed E-state index contributed by atoms with van der Waals surface area (Å²) >= 11 is 1.42. The monoisotopic (exact) mass is 290 g/mol. The molecular weight excluding hydrogens is 280 g/mol. The van der Waals surface area contributed by atoms with Crippen LogP contribution in [0, 0.1) is 0 Å². The highest BCUT2D eigenvalue weighted by atomic mass is 32.2. The van der Waals surface area contributed by atoms with Gasteiger partial charge in [-0.1, -0.05) is 6.07 Å². The van der Waals surface area contributed by atoms with Crippen molar-refractivity contribution in [2.45, 2.75) is 12.5 Å². The van der Waals surface area contributed by atoms with Crippen molar-refractivity contribution in [3.8, 4) is 0 Å². The van der Waals surface area contributed by atoms with Crippen LogP contribution >= 0.6 is 11.3 Å². The summed E-state index contributed by atoms with van der Waals surface area (Å²) in [7, 11) is -4.50. The first-order valence-corrected chi connectivity index (χ1v) is 7.26. The maximum Gasteiger partial charge on any atom is 0.362 e. The molecule has 0 spiro atoms. The molecule has 1 saturated heterocycles. The van der Waals surface area contributed by atoms with Crippen LogP contribution in [-0.4, -0.2) is 41.7 Å². The number of carbonyl (C=O) groups excluding carboxylic acids is 2. The van der Waals surface area contributed by atoms with Crippen LogP contribution < -0.4 is 5.32 Å². The van der Waals surface area contributed by atoms with E-state index >= 15 is 0 Å². The fourth-order valence-electron chi connectivity index (χ4n) is 1.53. The van der Waals surface area contributed by atoms with E-state index in [2.05, 4.69) is 5.32 Å². The minimum atomic E-state index is -4.50. The summed E-state index contributed by atoms with van der Waals surface area (Å²) in [5, 5.41) is 4.24. The van der Waals surface area contributed by atoms with E-state index in [9.17, 15) is 18.0 Å². The van der Waals surface area contributed by atoms with E-state index in [0.717, 1.165) is 4.88 Å². The Balaban J connectivity index is 1.86. The minimum Gasteiger partial charge on any atom is -0.342 e. The molecule has 0 radical (unpaired) electrons. The molecule has 0 aromatic carbocycles. The molecule has 1 aliphatic rings. The molecule has 7 nitrogen and oxygen atoms in total. The molecule has 2 rings (SSSR count). The number of thiophene rings is 1. The standard InChI is InChI=1S/C9H10N2O5S2/c12-8(4-6-2-1-3-17-6)10-7-5-11(9(7)13)18(14,15)16/h1-3,7H,4-5H2,(H,10,12)(H,14,15,16)/t7-/m0/s1. The SMILES string of the molecule is O=C(Cc1cccs1)N[C@H]1CN(S(=O)(=O)O)C1=O. The van der Waals surface area contributed by atoms with Crippen molar-refractivity contribution in [3.63, 3.8) is 0 Å². The van der Waals surface area contributed by atoms with E-state index in [1.807, 2.05) is 11.4 Å². The van der Waals surface area contributed by atoms with Crippen LogP contribution in [0.15, 0.2) is 17.5 Å². The molecular formula is C9H10N2O5S2. The molecule has 9 heteroatoms. The van der Waals surface area contributed by atoms with Crippen LogP contribution in [0.4, 0.5) is 0 Å². The van der Waals surface area contributed by atoms with E-state index in [1.54, 1.807) is 6.07 Å². The number of rotatable bonds is 4. The van der Waals surface area contributed by atoms with Crippen molar-refractivity contribution in [2.24, 2.45) is 0 Å². The van der Waals surface area contributed by atoms with Gasteiger partial charge in [-0.25, -0.2) is 4.31 Å². The van der Waals surface area contributed by atoms with Gasteiger partial charge in [-0.3, -0.25) is 14.1 Å². The van der Waals surface area contributed by atoms with Gasteiger partial charge in [0.15, 0.2) is 0 Å². The van der Waals surface area contributed by atoms with E-state index in [4.69, 9.17) is 4.55 Å². The summed E-state index contributed by atoms with van der Waals surface area (Å²) in [5.41, 5.74) is 0. The Morgan fingerprint density at radius 3 is 2.83 bits per heavy atom. The number of nitrogens with zero attached hydrogens (tertiary/aromatic N) is 1. The summed E-state index contributed by atoms with van der Waals surface area (Å²) in [5.74, 6) is -1.18. The van der Waals surface area contributed by atoms with E-state index in [1.165, 1.54) is 11.3 Å². The van der Waals surface area contributed by atoms with Gasteiger partial charge in [0.1, 0.15) is 6.04 Å². The lowest BCUT2D eigenvalue weighted by Crippen LogP contribution is -2.65. The minimum absolute atomic E-state index is 0.146. The van der Waals surface area contributed by atoms with Crippen LogP contribution in [-0.2, 0) is 26.3 Å². The van der Waals surface area contributed by atoms with Crippen molar-refractivity contribution in [2.75, 3.05) is 6.54 Å². The summed E-state index contributed by atoms with van der Waals surface area (Å²) in [6, 6.07) is 2.72. The Labute approximate surface area is 107 Å². The molecule has 2 N–H and O–H groups in total. The van der Waals surface area contributed by atoms with Crippen molar-refractivity contribution in [1.82, 2.24) is 9.62 Å². The number of carbonyl (C=O) groups is 2. The lowest BCUT2D eigenvalue weighted by molar-refractivity contribution is -0.140. The maximum atomic E-state index is 11.5. The maximum absolute atomic E-state index is 11.5. The largest absolute Gasteiger partial charge is 0.362 e. The van der Waals surface area contributed by atoms with Crippen LogP contribution in [0.25, 0.3) is 0 Å². The number of amides is 2. The Morgan fingerprint density at radius 1 is 1.61 bits per heavy atom. The number of hydrogen-bond donors (Lipinski definition) is 2. The van der Waals surface area contributed by atoms with Crippen LogP contribution in [0.2, 0.25) is 0 Å². The fourth-order valence-corrected chi connectivity index (χ4v) is 2.92. The van der Waals surface area contributed by atoms with Gasteiger partial charge in [0.25, 0.3) is 5.91 Å². The zero-order valence-electron chi connectivity index (χ0n) is 9.07. The third-order valence-corrected chi connectivity index (χ3v) is 4.18. The van der Waals surface area contributed by atoms with Crippen molar-refractivity contribution in [3.05, 3.63) is 22.4 Å². The second-order valence-electron chi connectivity index (χ2n) is 3.72. The predicted octanol–water partition coefficient (Wildman–Crippen LogP) is -0.580. The van der Waals surface area contributed by atoms with Gasteiger partial charge in [0.2, 0.25) is 5.91 Å². The highest BCUT2D eigenvalue weighted by molar-refractivity contribution is 7.84. The summed E-state index contributed by atoms with van der Waals surface area (Å²) in [6.07, 6.45) is 0.146. The van der Waals surface area contributed by atoms with E-state index < -0.39 is 22.3 Å². The molecule has 1 aromatic heterocycles. The molecule has 0 saturated carbocycles. The average Bonchev–Trinajstić information content (AvgIpc) is 2.74. The summed E-state index contributed by atoms with van der Waals surface area (Å²) in [4.78, 5) is 23.7. The highest BCUT2D eigenvalue weighted by Crippen LogP contribution is 2.15. The van der Waals surface area contributed by atoms with Crippen LogP contribution in [0.3, 0.4) is 0 Å². The van der Waals surface area contributed by atoms with Gasteiger partial charge < -0.3 is 5.32 Å². The summed E-state index contributed by atoms with van der Waals surface area (Å²) < 4.78 is 30.3. The predicted molar refractivity (Wildman–Crippen MR) is 63.2 cm³/mol. The lowest BCUT2D eigenvalue weighted by Gasteiger charge is -2.35. The molecule has 18 heavy (non-hydrogen) atoms. The van der Waals surface area contributed by atoms with Gasteiger partial charge in [0.05, 0.1) is 13.0 Å². The molecule has 1 fully saturated rings. The normalized spacial score (nSPS) is 19.5. The van der Waals surface area contributed by atoms with Crippen molar-refractivity contribution >= 4 is 33.5 Å². The zero-order chi connectivity index (χ0) is 13.3. The first-order valence-electron chi connectivity index (χ1n) is 4.98. The first-order chi connectivity index (χ1) is 8.38. The Bertz CT molecular complexity index is 566. The van der Waals surface area contributed by atoms with E-state index in [-0.39, 0.29) is 18.9 Å². The van der Waals surface area contributed by atoms with Gasteiger partial charge in [-0.2, -0.15) is 8.42 Å². The van der Waals surface area contributed by atoms with Crippen LogP contribution in [0.1, 0.15) is 4.88 Å². The van der Waals surface area contributed by atoms with Crippen molar-refractivity contribution < 1.29 is 22.6 Å². The van der Waals surface area contributed by atoms with E-state index in [0.29, 0.717) is 4.31 Å². The smallest absolute Gasteiger partial charge is 0.342 e. The van der Waals surface area contributed by atoms with Crippen LogP contribution in [0.5, 0.6) is 0 Å². The first kappa shape index (κ1) is 13.0. The third-order valence-electron chi connectivity index (χ3n) is 2.42. The van der Waals surface area contributed by atoms with Gasteiger partial charge in [0, 0.05) is 4.88 Å². The average molecular weight is 290 g/mol. The molecule has 0 unspecified atom stereocenters.